The summed E-state index contributed by atoms with van der Waals surface area (Å²) in [5.41, 5.74) is 3.80. The quantitative estimate of drug-likeness (QED) is 0.426. The van der Waals surface area contributed by atoms with Crippen molar-refractivity contribution < 1.29 is 0 Å². The molecule has 0 amide bonds. The Morgan fingerprint density at radius 2 is 1.92 bits per heavy atom. The van der Waals surface area contributed by atoms with Gasteiger partial charge in [0.2, 0.25) is 0 Å². The predicted octanol–water partition coefficient (Wildman–Crippen LogP) is 3.18. The highest BCUT2D eigenvalue weighted by molar-refractivity contribution is 7.98. The molecule has 3 heterocycles. The number of thioether (sulfide) groups is 1. The molecule has 0 aliphatic carbocycles. The first-order chi connectivity index (χ1) is 11.6. The van der Waals surface area contributed by atoms with Gasteiger partial charge in [-0.2, -0.15) is 0 Å². The van der Waals surface area contributed by atoms with E-state index >= 15 is 0 Å². The molecule has 4 rings (SSSR count). The lowest BCUT2D eigenvalue weighted by Gasteiger charge is -2.07. The minimum Gasteiger partial charge on any atom is -0.307 e. The van der Waals surface area contributed by atoms with Gasteiger partial charge in [0.05, 0.1) is 16.6 Å². The van der Waals surface area contributed by atoms with Crippen LogP contribution in [0.3, 0.4) is 0 Å². The molecule has 4 aromatic rings. The maximum atomic E-state index is 12.4. The third-order valence-electron chi connectivity index (χ3n) is 3.94. The van der Waals surface area contributed by atoms with Gasteiger partial charge < -0.3 is 4.40 Å². The summed E-state index contributed by atoms with van der Waals surface area (Å²) >= 11 is 1.52. The van der Waals surface area contributed by atoms with Crippen molar-refractivity contribution in [1.82, 2.24) is 18.9 Å². The van der Waals surface area contributed by atoms with Crippen LogP contribution in [0.1, 0.15) is 11.3 Å². The van der Waals surface area contributed by atoms with Gasteiger partial charge >= 0.3 is 0 Å². The summed E-state index contributed by atoms with van der Waals surface area (Å²) in [5, 5.41) is 1.35. The van der Waals surface area contributed by atoms with E-state index in [1.807, 2.05) is 47.0 Å². The van der Waals surface area contributed by atoms with Crippen LogP contribution >= 0.6 is 11.8 Å². The van der Waals surface area contributed by atoms with E-state index in [0.29, 0.717) is 16.3 Å². The van der Waals surface area contributed by atoms with Gasteiger partial charge in [0.15, 0.2) is 5.16 Å². The molecule has 0 aliphatic rings. The lowest BCUT2D eigenvalue weighted by molar-refractivity contribution is 0.726. The summed E-state index contributed by atoms with van der Waals surface area (Å²) in [6, 6.07) is 11.5. The smallest absolute Gasteiger partial charge is 0.261 e. The molecule has 0 N–H and O–H groups in total. The van der Waals surface area contributed by atoms with Gasteiger partial charge in [-0.25, -0.2) is 9.97 Å². The van der Waals surface area contributed by atoms with E-state index in [9.17, 15) is 4.79 Å². The third-order valence-corrected chi connectivity index (χ3v) is 5.00. The summed E-state index contributed by atoms with van der Waals surface area (Å²) in [4.78, 5) is 21.6. The number of rotatable bonds is 3. The number of hydrogen-bond donors (Lipinski definition) is 0. The number of hydrogen-bond acceptors (Lipinski definition) is 4. The van der Waals surface area contributed by atoms with Crippen LogP contribution in [0, 0.1) is 6.92 Å². The van der Waals surface area contributed by atoms with E-state index in [4.69, 9.17) is 0 Å². The van der Waals surface area contributed by atoms with E-state index in [2.05, 4.69) is 23.1 Å². The molecule has 1 aromatic carbocycles. The molecule has 0 radical (unpaired) electrons. The van der Waals surface area contributed by atoms with E-state index in [0.717, 1.165) is 16.9 Å². The highest BCUT2D eigenvalue weighted by atomic mass is 32.2. The van der Waals surface area contributed by atoms with E-state index in [1.54, 1.807) is 11.6 Å². The molecule has 120 valence electrons. The normalized spacial score (nSPS) is 11.4. The second-order valence-electron chi connectivity index (χ2n) is 5.77. The standard InChI is InChI=1S/C18H16N4OS/c1-12-7-8-16-19-13(10-22(16)9-12)11-24-18-20-15-6-4-3-5-14(15)17(23)21(18)2/h3-10H,11H2,1-2H3. The number of benzene rings is 1. The summed E-state index contributed by atoms with van der Waals surface area (Å²) in [6.45, 7) is 2.06. The van der Waals surface area contributed by atoms with Crippen molar-refractivity contribution >= 4 is 28.3 Å². The van der Waals surface area contributed by atoms with Gasteiger partial charge in [0, 0.05) is 25.2 Å². The highest BCUT2D eigenvalue weighted by Crippen LogP contribution is 2.21. The van der Waals surface area contributed by atoms with Crippen LogP contribution in [0.15, 0.2) is 58.7 Å². The first-order valence-electron chi connectivity index (χ1n) is 7.64. The average molecular weight is 336 g/mol. The Morgan fingerprint density at radius 1 is 1.08 bits per heavy atom. The van der Waals surface area contributed by atoms with Crippen molar-refractivity contribution in [1.29, 1.82) is 0 Å². The zero-order chi connectivity index (χ0) is 16.7. The molecule has 0 spiro atoms. The molecular formula is C18H16N4OS. The highest BCUT2D eigenvalue weighted by Gasteiger charge is 2.10. The first kappa shape index (κ1) is 15.0. The number of para-hydroxylation sites is 1. The number of fused-ring (bicyclic) bond motifs is 2. The SMILES string of the molecule is Cc1ccc2nc(CSc3nc4ccccc4c(=O)n3C)cn2c1. The minimum atomic E-state index is -0.0197. The fourth-order valence-corrected chi connectivity index (χ4v) is 3.55. The van der Waals surface area contributed by atoms with Crippen LogP contribution in [0.2, 0.25) is 0 Å². The minimum absolute atomic E-state index is 0.0197. The van der Waals surface area contributed by atoms with Gasteiger partial charge in [0.25, 0.3) is 5.56 Å². The molecule has 5 nitrogen and oxygen atoms in total. The molecule has 0 saturated carbocycles. The Kier molecular flexibility index (Phi) is 3.61. The molecule has 0 bridgehead atoms. The number of aryl methyl sites for hydroxylation is 1. The summed E-state index contributed by atoms with van der Waals surface area (Å²) in [6.07, 6.45) is 4.08. The average Bonchev–Trinajstić information content (AvgIpc) is 2.99. The maximum absolute atomic E-state index is 12.4. The molecule has 0 aliphatic heterocycles. The monoisotopic (exact) mass is 336 g/mol. The molecule has 24 heavy (non-hydrogen) atoms. The zero-order valence-electron chi connectivity index (χ0n) is 13.4. The van der Waals surface area contributed by atoms with Gasteiger partial charge in [-0.15, -0.1) is 0 Å². The van der Waals surface area contributed by atoms with Crippen molar-refractivity contribution in [3.8, 4) is 0 Å². The van der Waals surface area contributed by atoms with Crippen LogP contribution in [0.4, 0.5) is 0 Å². The molecule has 6 heteroatoms. The third kappa shape index (κ3) is 2.59. The van der Waals surface area contributed by atoms with Gasteiger partial charge in [-0.3, -0.25) is 9.36 Å². The van der Waals surface area contributed by atoms with Gasteiger partial charge in [-0.1, -0.05) is 30.0 Å². The number of imidazole rings is 1. The fourth-order valence-electron chi connectivity index (χ4n) is 2.69. The Morgan fingerprint density at radius 3 is 2.79 bits per heavy atom. The lowest BCUT2D eigenvalue weighted by atomic mass is 10.2. The number of nitrogens with zero attached hydrogens (tertiary/aromatic N) is 4. The van der Waals surface area contributed by atoms with Crippen molar-refractivity contribution in [2.75, 3.05) is 0 Å². The van der Waals surface area contributed by atoms with Gasteiger partial charge in [0.1, 0.15) is 5.65 Å². The van der Waals surface area contributed by atoms with E-state index < -0.39 is 0 Å². The maximum Gasteiger partial charge on any atom is 0.261 e. The Balaban J connectivity index is 1.66. The van der Waals surface area contributed by atoms with Crippen molar-refractivity contribution in [2.45, 2.75) is 17.8 Å². The van der Waals surface area contributed by atoms with Crippen LogP contribution in [0.25, 0.3) is 16.6 Å². The molecule has 0 saturated heterocycles. The van der Waals surface area contributed by atoms with E-state index in [1.165, 1.54) is 17.3 Å². The van der Waals surface area contributed by atoms with Gasteiger partial charge in [-0.05, 0) is 30.7 Å². The Labute approximate surface area is 143 Å². The molecule has 3 aromatic heterocycles. The molecular weight excluding hydrogens is 320 g/mol. The zero-order valence-corrected chi connectivity index (χ0v) is 14.2. The fraction of sp³-hybridized carbons (Fsp3) is 0.167. The van der Waals surface area contributed by atoms with Crippen molar-refractivity contribution in [2.24, 2.45) is 7.05 Å². The molecule has 0 unspecified atom stereocenters. The summed E-state index contributed by atoms with van der Waals surface area (Å²) in [7, 11) is 1.76. The van der Waals surface area contributed by atoms with Crippen LogP contribution in [-0.2, 0) is 12.8 Å². The van der Waals surface area contributed by atoms with E-state index in [-0.39, 0.29) is 5.56 Å². The summed E-state index contributed by atoms with van der Waals surface area (Å²) < 4.78 is 3.63. The van der Waals surface area contributed by atoms with Crippen LogP contribution < -0.4 is 5.56 Å². The number of aromatic nitrogens is 4. The lowest BCUT2D eigenvalue weighted by Crippen LogP contribution is -2.19. The summed E-state index contributed by atoms with van der Waals surface area (Å²) in [5.74, 6) is 0.666. The van der Waals surface area contributed by atoms with Crippen LogP contribution in [-0.4, -0.2) is 18.9 Å². The van der Waals surface area contributed by atoms with Crippen molar-refractivity contribution in [3.63, 3.8) is 0 Å². The Hall–Kier alpha value is -2.60. The topological polar surface area (TPSA) is 52.2 Å². The van der Waals surface area contributed by atoms with Crippen LogP contribution in [0.5, 0.6) is 0 Å². The first-order valence-corrected chi connectivity index (χ1v) is 8.63. The molecule has 0 fully saturated rings. The second kappa shape index (κ2) is 5.79. The van der Waals surface area contributed by atoms with Crippen molar-refractivity contribution in [3.05, 3.63) is 70.4 Å². The Bertz CT molecular complexity index is 1110. The second-order valence-corrected chi connectivity index (χ2v) is 6.71. The predicted molar refractivity (Wildman–Crippen MR) is 96.5 cm³/mol. The number of pyridine rings is 1. The molecule has 0 atom stereocenters. The largest absolute Gasteiger partial charge is 0.307 e.